The van der Waals surface area contributed by atoms with Gasteiger partial charge in [-0.1, -0.05) is 18.2 Å². The van der Waals surface area contributed by atoms with Crippen molar-refractivity contribution in [3.63, 3.8) is 0 Å². The maximum Gasteiger partial charge on any atom is 0.181 e. The molecule has 0 atom stereocenters. The van der Waals surface area contributed by atoms with Crippen molar-refractivity contribution in [2.24, 2.45) is 0 Å². The summed E-state index contributed by atoms with van der Waals surface area (Å²) < 4.78 is 25.3. The first-order valence-corrected chi connectivity index (χ1v) is 9.61. The summed E-state index contributed by atoms with van der Waals surface area (Å²) in [7, 11) is -3.19. The van der Waals surface area contributed by atoms with Crippen molar-refractivity contribution in [3.05, 3.63) is 60.4 Å². The number of pyridine rings is 1. The first kappa shape index (κ1) is 16.1. The summed E-state index contributed by atoms with van der Waals surface area (Å²) in [5.74, 6) is 0. The molecule has 0 spiro atoms. The summed E-state index contributed by atoms with van der Waals surface area (Å²) in [6.45, 7) is 2.67. The van der Waals surface area contributed by atoms with Crippen LogP contribution in [-0.2, 0) is 16.3 Å². The molecule has 23 heavy (non-hydrogen) atoms. The highest BCUT2D eigenvalue weighted by atomic mass is 32.2. The molecule has 0 unspecified atom stereocenters. The lowest BCUT2D eigenvalue weighted by atomic mass is 10.1. The van der Waals surface area contributed by atoms with Gasteiger partial charge in [-0.2, -0.15) is 0 Å². The van der Waals surface area contributed by atoms with Gasteiger partial charge in [0.2, 0.25) is 0 Å². The van der Waals surface area contributed by atoms with Crippen LogP contribution in [0.25, 0.3) is 0 Å². The Bertz CT molecular complexity index is 709. The van der Waals surface area contributed by atoms with Crippen LogP contribution >= 0.6 is 0 Å². The number of hydrogen-bond acceptors (Lipinski definition) is 4. The molecule has 0 N–H and O–H groups in total. The van der Waals surface area contributed by atoms with E-state index >= 15 is 0 Å². The van der Waals surface area contributed by atoms with Crippen LogP contribution in [0.3, 0.4) is 0 Å². The third kappa shape index (κ3) is 3.98. The third-order valence-corrected chi connectivity index (χ3v) is 6.79. The van der Waals surface area contributed by atoms with Crippen LogP contribution < -0.4 is 0 Å². The van der Waals surface area contributed by atoms with Gasteiger partial charge in [0, 0.05) is 18.9 Å². The molecule has 0 aliphatic carbocycles. The largest absolute Gasteiger partial charge is 0.303 e. The normalized spacial score (nSPS) is 17.2. The van der Waals surface area contributed by atoms with Crippen molar-refractivity contribution in [1.82, 2.24) is 9.88 Å². The number of aromatic nitrogens is 1. The summed E-state index contributed by atoms with van der Waals surface area (Å²) in [5.41, 5.74) is 1.28. The van der Waals surface area contributed by atoms with E-state index in [1.54, 1.807) is 24.3 Å². The highest BCUT2D eigenvalue weighted by Crippen LogP contribution is 2.24. The smallest absolute Gasteiger partial charge is 0.181 e. The highest BCUT2D eigenvalue weighted by molar-refractivity contribution is 7.92. The summed E-state index contributed by atoms with van der Waals surface area (Å²) in [6, 6.07) is 12.9. The zero-order chi connectivity index (χ0) is 16.1. The second-order valence-corrected chi connectivity index (χ2v) is 8.23. The molecule has 2 aromatic rings. The number of hydrogen-bond donors (Lipinski definition) is 0. The molecular formula is C18H22N2O2S. The van der Waals surface area contributed by atoms with Gasteiger partial charge in [0.05, 0.1) is 10.1 Å². The molecule has 1 aliphatic rings. The van der Waals surface area contributed by atoms with Gasteiger partial charge in [-0.05, 0) is 62.2 Å². The van der Waals surface area contributed by atoms with E-state index in [0.717, 1.165) is 26.1 Å². The molecule has 1 aliphatic heterocycles. The molecule has 1 aromatic carbocycles. The van der Waals surface area contributed by atoms with E-state index < -0.39 is 9.84 Å². The zero-order valence-electron chi connectivity index (χ0n) is 13.1. The van der Waals surface area contributed by atoms with Crippen molar-refractivity contribution < 1.29 is 8.42 Å². The van der Waals surface area contributed by atoms with Crippen LogP contribution in [0, 0.1) is 0 Å². The van der Waals surface area contributed by atoms with Gasteiger partial charge in [0.1, 0.15) is 0 Å². The van der Waals surface area contributed by atoms with Crippen LogP contribution in [0.1, 0.15) is 18.4 Å². The Morgan fingerprint density at radius 1 is 1.00 bits per heavy atom. The minimum atomic E-state index is -3.19. The summed E-state index contributed by atoms with van der Waals surface area (Å²) in [5, 5.41) is -0.248. The van der Waals surface area contributed by atoms with Crippen LogP contribution in [0.15, 0.2) is 59.8 Å². The van der Waals surface area contributed by atoms with E-state index in [1.807, 2.05) is 30.6 Å². The van der Waals surface area contributed by atoms with E-state index in [9.17, 15) is 8.42 Å². The van der Waals surface area contributed by atoms with Gasteiger partial charge < -0.3 is 4.90 Å². The van der Waals surface area contributed by atoms with Gasteiger partial charge >= 0.3 is 0 Å². The molecule has 1 fully saturated rings. The summed E-state index contributed by atoms with van der Waals surface area (Å²) in [4.78, 5) is 6.84. The predicted octanol–water partition coefficient (Wildman–Crippen LogP) is 2.56. The number of rotatable bonds is 5. The van der Waals surface area contributed by atoms with E-state index in [0.29, 0.717) is 17.7 Å². The second-order valence-electron chi connectivity index (χ2n) is 6.00. The summed E-state index contributed by atoms with van der Waals surface area (Å²) >= 11 is 0. The SMILES string of the molecule is O=S(=O)(c1ccccc1)C1CCN(CCc2ccncc2)CC1. The number of nitrogens with zero attached hydrogens (tertiary/aromatic N) is 2. The minimum Gasteiger partial charge on any atom is -0.303 e. The van der Waals surface area contributed by atoms with Crippen LogP contribution in [0.5, 0.6) is 0 Å². The molecule has 0 bridgehead atoms. The average Bonchev–Trinajstić information content (AvgIpc) is 2.62. The van der Waals surface area contributed by atoms with Gasteiger partial charge in [0.15, 0.2) is 9.84 Å². The fourth-order valence-electron chi connectivity index (χ4n) is 3.08. The summed E-state index contributed by atoms with van der Waals surface area (Å²) in [6.07, 6.45) is 6.04. The zero-order valence-corrected chi connectivity index (χ0v) is 14.0. The Balaban J connectivity index is 1.54. The molecule has 3 rings (SSSR count). The Kier molecular flexibility index (Phi) is 5.08. The van der Waals surface area contributed by atoms with Gasteiger partial charge in [-0.3, -0.25) is 4.98 Å². The number of sulfone groups is 1. The van der Waals surface area contributed by atoms with Crippen molar-refractivity contribution in [1.29, 1.82) is 0 Å². The maximum atomic E-state index is 12.6. The monoisotopic (exact) mass is 330 g/mol. The minimum absolute atomic E-state index is 0.248. The molecule has 4 nitrogen and oxygen atoms in total. The van der Waals surface area contributed by atoms with Crippen molar-refractivity contribution in [2.75, 3.05) is 19.6 Å². The Morgan fingerprint density at radius 2 is 1.65 bits per heavy atom. The van der Waals surface area contributed by atoms with Crippen LogP contribution in [0.4, 0.5) is 0 Å². The maximum absolute atomic E-state index is 12.6. The second kappa shape index (κ2) is 7.23. The molecule has 1 saturated heterocycles. The molecule has 5 heteroatoms. The average molecular weight is 330 g/mol. The Morgan fingerprint density at radius 3 is 2.30 bits per heavy atom. The quantitative estimate of drug-likeness (QED) is 0.845. The standard InChI is InChI=1S/C18H22N2O2S/c21-23(22,17-4-2-1-3-5-17)18-9-14-20(15-10-18)13-8-16-6-11-19-12-7-16/h1-7,11-12,18H,8-10,13-15H2. The first-order chi connectivity index (χ1) is 11.2. The Labute approximate surface area is 138 Å². The van der Waals surface area contributed by atoms with Crippen LogP contribution in [-0.4, -0.2) is 43.2 Å². The first-order valence-electron chi connectivity index (χ1n) is 8.06. The lowest BCUT2D eigenvalue weighted by molar-refractivity contribution is 0.232. The molecule has 122 valence electrons. The third-order valence-electron chi connectivity index (χ3n) is 4.51. The highest BCUT2D eigenvalue weighted by Gasteiger charge is 2.30. The molecule has 0 saturated carbocycles. The predicted molar refractivity (Wildman–Crippen MR) is 91.0 cm³/mol. The van der Waals surface area contributed by atoms with E-state index in [1.165, 1.54) is 5.56 Å². The van der Waals surface area contributed by atoms with E-state index in [4.69, 9.17) is 0 Å². The fourth-order valence-corrected chi connectivity index (χ4v) is 4.84. The molecular weight excluding hydrogens is 308 g/mol. The van der Waals surface area contributed by atoms with Crippen LogP contribution in [0.2, 0.25) is 0 Å². The van der Waals surface area contributed by atoms with Gasteiger partial charge in [-0.15, -0.1) is 0 Å². The lowest BCUT2D eigenvalue weighted by Gasteiger charge is -2.31. The Hall–Kier alpha value is -1.72. The van der Waals surface area contributed by atoms with Crippen molar-refractivity contribution in [3.8, 4) is 0 Å². The van der Waals surface area contributed by atoms with Gasteiger partial charge in [0.25, 0.3) is 0 Å². The molecule has 0 radical (unpaired) electrons. The lowest BCUT2D eigenvalue weighted by Crippen LogP contribution is -2.40. The van der Waals surface area contributed by atoms with Gasteiger partial charge in [-0.25, -0.2) is 8.42 Å². The number of likely N-dealkylation sites (tertiary alicyclic amines) is 1. The number of benzene rings is 1. The molecule has 0 amide bonds. The van der Waals surface area contributed by atoms with Crippen molar-refractivity contribution >= 4 is 9.84 Å². The van der Waals surface area contributed by atoms with Crippen molar-refractivity contribution in [2.45, 2.75) is 29.4 Å². The van der Waals surface area contributed by atoms with E-state index in [2.05, 4.69) is 9.88 Å². The molecule has 1 aromatic heterocycles. The fraction of sp³-hybridized carbons (Fsp3) is 0.389. The number of piperidine rings is 1. The molecule has 2 heterocycles. The topological polar surface area (TPSA) is 50.3 Å². The van der Waals surface area contributed by atoms with E-state index in [-0.39, 0.29) is 5.25 Å².